The van der Waals surface area contributed by atoms with E-state index in [0.717, 1.165) is 42.1 Å². The van der Waals surface area contributed by atoms with Crippen molar-refractivity contribution in [1.29, 1.82) is 0 Å². The number of hydrogen-bond acceptors (Lipinski definition) is 4. The number of amides is 3. The molecule has 0 saturated carbocycles. The molecule has 0 spiro atoms. The summed E-state index contributed by atoms with van der Waals surface area (Å²) >= 11 is 3.43. The Morgan fingerprint density at radius 3 is 2.61 bits per heavy atom. The van der Waals surface area contributed by atoms with Gasteiger partial charge in [0.2, 0.25) is 0 Å². The van der Waals surface area contributed by atoms with Gasteiger partial charge in [-0.15, -0.1) is 0 Å². The second-order valence-corrected chi connectivity index (χ2v) is 9.82. The Balaban J connectivity index is 1.62. The molecule has 0 bridgehead atoms. The Morgan fingerprint density at radius 1 is 1.12 bits per heavy atom. The largest absolute Gasteiger partial charge is 0.359 e. The number of nitrogens with one attached hydrogen (secondary N) is 2. The highest BCUT2D eigenvalue weighted by atomic mass is 79.9. The third kappa shape index (κ3) is 4.78. The Kier molecular flexibility index (Phi) is 7.07. The number of halogens is 1. The number of nitrogens with zero attached hydrogens (tertiary/aromatic N) is 2. The average Bonchev–Trinajstić information content (AvgIpc) is 2.80. The summed E-state index contributed by atoms with van der Waals surface area (Å²) in [6, 6.07) is 10.0. The van der Waals surface area contributed by atoms with Gasteiger partial charge < -0.3 is 20.6 Å². The van der Waals surface area contributed by atoms with Crippen molar-refractivity contribution in [3.63, 3.8) is 0 Å². The fraction of sp³-hybridized carbons (Fsp3) is 0.440. The van der Waals surface area contributed by atoms with Crippen molar-refractivity contribution >= 4 is 39.2 Å². The number of aliphatic hydroxyl groups is 1. The quantitative estimate of drug-likeness (QED) is 0.503. The number of aryl methyl sites for hydroxylation is 2. The fourth-order valence-corrected chi connectivity index (χ4v) is 4.92. The molecular weight excluding hydrogens is 484 g/mol. The van der Waals surface area contributed by atoms with Gasteiger partial charge in [-0.3, -0.25) is 9.69 Å². The molecule has 2 heterocycles. The zero-order valence-electron chi connectivity index (χ0n) is 19.2. The molecule has 33 heavy (non-hydrogen) atoms. The van der Waals surface area contributed by atoms with E-state index in [4.69, 9.17) is 0 Å². The average molecular weight is 515 g/mol. The van der Waals surface area contributed by atoms with Crippen molar-refractivity contribution in [3.05, 3.63) is 57.6 Å². The highest BCUT2D eigenvalue weighted by Crippen LogP contribution is 2.41. The number of urea groups is 1. The molecular formula is C25H31BrN4O3. The second kappa shape index (κ2) is 9.83. The molecule has 2 aliphatic rings. The number of carbonyl (C=O) groups is 2. The van der Waals surface area contributed by atoms with Gasteiger partial charge in [-0.1, -0.05) is 28.4 Å². The van der Waals surface area contributed by atoms with Crippen LogP contribution in [0.4, 0.5) is 16.2 Å². The smallest absolute Gasteiger partial charge is 0.329 e. The lowest BCUT2D eigenvalue weighted by Gasteiger charge is -2.43. The zero-order valence-corrected chi connectivity index (χ0v) is 20.7. The van der Waals surface area contributed by atoms with E-state index < -0.39 is 17.7 Å². The summed E-state index contributed by atoms with van der Waals surface area (Å²) in [7, 11) is 0. The van der Waals surface area contributed by atoms with E-state index in [1.54, 1.807) is 24.3 Å². The van der Waals surface area contributed by atoms with Crippen molar-refractivity contribution in [2.45, 2.75) is 45.3 Å². The highest BCUT2D eigenvalue weighted by Gasteiger charge is 2.52. The minimum absolute atomic E-state index is 0.322. The second-order valence-electron chi connectivity index (χ2n) is 8.91. The van der Waals surface area contributed by atoms with Gasteiger partial charge in [-0.2, -0.15) is 0 Å². The number of rotatable bonds is 6. The number of hydrogen-bond donors (Lipinski definition) is 3. The lowest BCUT2D eigenvalue weighted by atomic mass is 9.94. The van der Waals surface area contributed by atoms with Crippen LogP contribution >= 0.6 is 15.9 Å². The van der Waals surface area contributed by atoms with E-state index in [1.807, 2.05) is 26.0 Å². The van der Waals surface area contributed by atoms with Crippen LogP contribution in [0.25, 0.3) is 0 Å². The first kappa shape index (κ1) is 23.7. The molecule has 0 unspecified atom stereocenters. The van der Waals surface area contributed by atoms with Crippen molar-refractivity contribution in [2.75, 3.05) is 36.4 Å². The number of likely N-dealkylation sites (tertiary alicyclic amines) is 1. The summed E-state index contributed by atoms with van der Waals surface area (Å²) in [5.74, 6) is -0.617. The third-order valence-electron chi connectivity index (χ3n) is 6.58. The van der Waals surface area contributed by atoms with E-state index in [0.29, 0.717) is 28.0 Å². The number of piperidine rings is 1. The number of fused-ring (bicyclic) bond motifs is 1. The lowest BCUT2D eigenvalue weighted by molar-refractivity contribution is -0.140. The van der Waals surface area contributed by atoms with Crippen LogP contribution in [0.1, 0.15) is 42.4 Å². The fourth-order valence-electron chi connectivity index (χ4n) is 4.56. The van der Waals surface area contributed by atoms with Gasteiger partial charge in [0.15, 0.2) is 0 Å². The van der Waals surface area contributed by atoms with Gasteiger partial charge in [0.05, 0.1) is 5.69 Å². The Morgan fingerprint density at radius 2 is 1.88 bits per heavy atom. The molecule has 0 aliphatic carbocycles. The van der Waals surface area contributed by atoms with Gasteiger partial charge in [-0.05, 0) is 94.2 Å². The standard InChI is InChI=1S/C25H31BrN4O3/c1-17-7-9-20(15-18(17)2)30-24(32)28-22-10-8-19(26)16-21(22)25(30,33)23(31)27-11-6-14-29-12-4-3-5-13-29/h7-10,15-16,33H,3-6,11-14H2,1-2H3,(H,27,31)(H,28,32)/t25-/m0/s1. The first-order valence-corrected chi connectivity index (χ1v) is 12.3. The predicted molar refractivity (Wildman–Crippen MR) is 133 cm³/mol. The monoisotopic (exact) mass is 514 g/mol. The van der Waals surface area contributed by atoms with Crippen LogP contribution in [0.3, 0.4) is 0 Å². The lowest BCUT2D eigenvalue weighted by Crippen LogP contribution is -2.62. The maximum absolute atomic E-state index is 13.5. The van der Waals surface area contributed by atoms with Crippen molar-refractivity contribution < 1.29 is 14.7 Å². The van der Waals surface area contributed by atoms with E-state index in [-0.39, 0.29) is 0 Å². The van der Waals surface area contributed by atoms with Crippen LogP contribution in [0.2, 0.25) is 0 Å². The highest BCUT2D eigenvalue weighted by molar-refractivity contribution is 9.10. The molecule has 7 nitrogen and oxygen atoms in total. The maximum Gasteiger partial charge on any atom is 0.329 e. The van der Waals surface area contributed by atoms with E-state index >= 15 is 0 Å². The predicted octanol–water partition coefficient (Wildman–Crippen LogP) is 4.26. The molecule has 2 aromatic rings. The topological polar surface area (TPSA) is 84.9 Å². The minimum Gasteiger partial charge on any atom is -0.359 e. The van der Waals surface area contributed by atoms with Gasteiger partial charge in [0.1, 0.15) is 0 Å². The molecule has 0 aromatic heterocycles. The molecule has 8 heteroatoms. The molecule has 1 atom stereocenters. The van der Waals surface area contributed by atoms with Gasteiger partial charge in [-0.25, -0.2) is 4.79 Å². The van der Waals surface area contributed by atoms with E-state index in [2.05, 4.69) is 31.5 Å². The Hall–Kier alpha value is -2.42. The molecule has 1 saturated heterocycles. The maximum atomic E-state index is 13.5. The number of anilines is 2. The van der Waals surface area contributed by atoms with Crippen molar-refractivity contribution in [3.8, 4) is 0 Å². The van der Waals surface area contributed by atoms with Crippen LogP contribution in [-0.4, -0.2) is 48.1 Å². The molecule has 176 valence electrons. The third-order valence-corrected chi connectivity index (χ3v) is 7.07. The molecule has 0 radical (unpaired) electrons. The summed E-state index contributed by atoms with van der Waals surface area (Å²) in [5, 5.41) is 17.6. The zero-order chi connectivity index (χ0) is 23.6. The Bertz CT molecular complexity index is 1050. The van der Waals surface area contributed by atoms with Gasteiger partial charge in [0, 0.05) is 22.3 Å². The molecule has 3 amide bonds. The first-order chi connectivity index (χ1) is 15.8. The van der Waals surface area contributed by atoms with Gasteiger partial charge >= 0.3 is 6.03 Å². The van der Waals surface area contributed by atoms with Gasteiger partial charge in [0.25, 0.3) is 11.6 Å². The SMILES string of the molecule is Cc1ccc(N2C(=O)Nc3ccc(Br)cc3[C@]2(O)C(=O)NCCCN2CCCCC2)cc1C. The minimum atomic E-state index is -2.19. The molecule has 2 aliphatic heterocycles. The number of carbonyl (C=O) groups excluding carboxylic acids is 2. The van der Waals surface area contributed by atoms with E-state index in [9.17, 15) is 14.7 Å². The van der Waals surface area contributed by atoms with Crippen LogP contribution in [0.15, 0.2) is 40.9 Å². The van der Waals surface area contributed by atoms with Crippen LogP contribution in [0.5, 0.6) is 0 Å². The summed E-state index contributed by atoms with van der Waals surface area (Å²) in [5.41, 5.74) is 1.02. The number of benzene rings is 2. The molecule has 2 aromatic carbocycles. The van der Waals surface area contributed by atoms with Crippen molar-refractivity contribution in [2.24, 2.45) is 0 Å². The van der Waals surface area contributed by atoms with E-state index in [1.165, 1.54) is 19.3 Å². The molecule has 1 fully saturated rings. The first-order valence-electron chi connectivity index (χ1n) is 11.5. The Labute approximate surface area is 203 Å². The summed E-state index contributed by atoms with van der Waals surface area (Å²) in [6.07, 6.45) is 4.50. The van der Waals surface area contributed by atoms with Crippen LogP contribution in [-0.2, 0) is 10.5 Å². The van der Waals surface area contributed by atoms with Crippen LogP contribution in [0, 0.1) is 13.8 Å². The molecule has 3 N–H and O–H groups in total. The normalized spacial score (nSPS) is 20.8. The van der Waals surface area contributed by atoms with Crippen molar-refractivity contribution in [1.82, 2.24) is 10.2 Å². The molecule has 4 rings (SSSR count). The summed E-state index contributed by atoms with van der Waals surface area (Å²) < 4.78 is 0.703. The summed E-state index contributed by atoms with van der Waals surface area (Å²) in [6.45, 7) is 7.43. The van der Waals surface area contributed by atoms with Crippen LogP contribution < -0.4 is 15.5 Å². The summed E-state index contributed by atoms with van der Waals surface area (Å²) in [4.78, 5) is 30.2.